The van der Waals surface area contributed by atoms with Gasteiger partial charge in [0.1, 0.15) is 23.7 Å². The molecule has 0 aliphatic heterocycles. The monoisotopic (exact) mass is 409 g/mol. The molecule has 2 aromatic carbocycles. The molecule has 0 aliphatic carbocycles. The minimum Gasteiger partial charge on any atom is -0.489 e. The second-order valence-electron chi connectivity index (χ2n) is 7.24. The molecule has 0 aliphatic rings. The van der Waals surface area contributed by atoms with Gasteiger partial charge in [-0.3, -0.25) is 9.59 Å². The summed E-state index contributed by atoms with van der Waals surface area (Å²) in [5.41, 5.74) is 8.90. The van der Waals surface area contributed by atoms with Crippen molar-refractivity contribution in [3.63, 3.8) is 0 Å². The van der Waals surface area contributed by atoms with Gasteiger partial charge in [-0.2, -0.15) is 0 Å². The van der Waals surface area contributed by atoms with Crippen LogP contribution in [0.5, 0.6) is 5.75 Å². The van der Waals surface area contributed by atoms with Gasteiger partial charge in [0, 0.05) is 24.5 Å². The fraction of sp³-hybridized carbons (Fsp3) is 0.304. The fourth-order valence-corrected chi connectivity index (χ4v) is 3.31. The molecule has 3 rings (SSSR count). The van der Waals surface area contributed by atoms with Gasteiger partial charge >= 0.3 is 0 Å². The predicted molar refractivity (Wildman–Crippen MR) is 115 cm³/mol. The lowest BCUT2D eigenvalue weighted by Crippen LogP contribution is -2.35. The second-order valence-corrected chi connectivity index (χ2v) is 7.24. The molecule has 1 atom stereocenters. The highest BCUT2D eigenvalue weighted by molar-refractivity contribution is 6.07. The average molecular weight is 409 g/mol. The highest BCUT2D eigenvalue weighted by atomic mass is 16.5. The quantitative estimate of drug-likeness (QED) is 0.352. The number of rotatable bonds is 10. The van der Waals surface area contributed by atoms with E-state index in [0.717, 1.165) is 11.1 Å². The minimum absolute atomic E-state index is 0.0939. The van der Waals surface area contributed by atoms with Crippen LogP contribution in [0.4, 0.5) is 0 Å². The highest BCUT2D eigenvalue weighted by Crippen LogP contribution is 2.29. The van der Waals surface area contributed by atoms with Gasteiger partial charge in [0.2, 0.25) is 6.41 Å². The summed E-state index contributed by atoms with van der Waals surface area (Å²) in [6, 6.07) is 13.3. The maximum Gasteiger partial charge on any atom is 0.255 e. The summed E-state index contributed by atoms with van der Waals surface area (Å²) >= 11 is 0. The molecule has 2 amide bonds. The summed E-state index contributed by atoms with van der Waals surface area (Å²) in [4.78, 5) is 23.2. The van der Waals surface area contributed by atoms with Gasteiger partial charge in [-0.15, -0.1) is 0 Å². The lowest BCUT2D eigenvalue weighted by Gasteiger charge is -2.13. The predicted octanol–water partition coefficient (Wildman–Crippen LogP) is 3.03. The van der Waals surface area contributed by atoms with Gasteiger partial charge in [0.15, 0.2) is 0 Å². The molecule has 0 bridgehead atoms. The van der Waals surface area contributed by atoms with Gasteiger partial charge in [-0.1, -0.05) is 24.3 Å². The number of amides is 2. The number of nitrogens with one attached hydrogen (secondary N) is 2. The first-order chi connectivity index (χ1) is 14.5. The summed E-state index contributed by atoms with van der Waals surface area (Å²) in [7, 11) is 0. The van der Waals surface area contributed by atoms with E-state index in [0.29, 0.717) is 60.6 Å². The third kappa shape index (κ3) is 5.18. The van der Waals surface area contributed by atoms with Crippen LogP contribution in [0.2, 0.25) is 0 Å². The molecule has 3 aromatic rings. The summed E-state index contributed by atoms with van der Waals surface area (Å²) in [5, 5.41) is 6.26. The third-order valence-electron chi connectivity index (χ3n) is 4.88. The number of fused-ring (bicyclic) bond motifs is 1. The van der Waals surface area contributed by atoms with Gasteiger partial charge in [0.25, 0.3) is 5.91 Å². The maximum atomic E-state index is 12.8. The minimum atomic E-state index is -0.211. The van der Waals surface area contributed by atoms with Crippen molar-refractivity contribution >= 4 is 23.3 Å². The van der Waals surface area contributed by atoms with Crippen molar-refractivity contribution in [2.45, 2.75) is 39.5 Å². The molecule has 4 N–H and O–H groups in total. The number of ether oxygens (including phenoxy) is 1. The summed E-state index contributed by atoms with van der Waals surface area (Å²) in [5.74, 6) is 0.991. The van der Waals surface area contributed by atoms with E-state index in [-0.39, 0.29) is 11.9 Å². The second kappa shape index (κ2) is 9.93. The van der Waals surface area contributed by atoms with Gasteiger partial charge in [0.05, 0.1) is 5.56 Å². The molecule has 1 unspecified atom stereocenters. The number of benzene rings is 2. The first-order valence-corrected chi connectivity index (χ1v) is 9.93. The standard InChI is InChI=1S/C23H27N3O4/c1-15(8-9-25-14-27)26-23(28)22-16(2)30-21-7-6-19(11-20(21)22)29-13-18-5-3-4-17(10-18)12-24/h3-7,10-11,14-15H,8-9,12-13,24H2,1-2H3,(H,25,27)(H,26,28). The average Bonchev–Trinajstić information content (AvgIpc) is 3.07. The topological polar surface area (TPSA) is 107 Å². The highest BCUT2D eigenvalue weighted by Gasteiger charge is 2.20. The largest absolute Gasteiger partial charge is 0.489 e. The van der Waals surface area contributed by atoms with Crippen LogP contribution < -0.4 is 21.1 Å². The summed E-state index contributed by atoms with van der Waals surface area (Å²) < 4.78 is 11.7. The van der Waals surface area contributed by atoms with Crippen LogP contribution in [-0.2, 0) is 17.9 Å². The number of aryl methyl sites for hydroxylation is 1. The SMILES string of the molecule is Cc1oc2ccc(OCc3cccc(CN)c3)cc2c1C(=O)NC(C)CCNC=O. The zero-order valence-electron chi connectivity index (χ0n) is 17.2. The van der Waals surface area contributed by atoms with Crippen LogP contribution >= 0.6 is 0 Å². The zero-order chi connectivity index (χ0) is 21.5. The molecular formula is C23H27N3O4. The van der Waals surface area contributed by atoms with Gasteiger partial charge < -0.3 is 25.5 Å². The van der Waals surface area contributed by atoms with Crippen molar-refractivity contribution < 1.29 is 18.7 Å². The number of furan rings is 1. The third-order valence-corrected chi connectivity index (χ3v) is 4.88. The number of carbonyl (C=O) groups excluding carboxylic acids is 2. The van der Waals surface area contributed by atoms with Crippen LogP contribution in [0.3, 0.4) is 0 Å². The van der Waals surface area contributed by atoms with Crippen LogP contribution in [0.15, 0.2) is 46.9 Å². The summed E-state index contributed by atoms with van der Waals surface area (Å²) in [6.45, 7) is 5.05. The Balaban J connectivity index is 1.74. The number of carbonyl (C=O) groups is 2. The molecule has 0 spiro atoms. The molecule has 30 heavy (non-hydrogen) atoms. The first-order valence-electron chi connectivity index (χ1n) is 9.93. The normalized spacial score (nSPS) is 11.8. The first kappa shape index (κ1) is 21.4. The van der Waals surface area contributed by atoms with Crippen molar-refractivity contribution in [3.8, 4) is 5.75 Å². The molecule has 0 saturated heterocycles. The van der Waals surface area contributed by atoms with Crippen LogP contribution in [0.1, 0.15) is 40.6 Å². The Labute approximate surface area is 175 Å². The van der Waals surface area contributed by atoms with E-state index < -0.39 is 0 Å². The number of hydrogen-bond acceptors (Lipinski definition) is 5. The van der Waals surface area contributed by atoms with Crippen LogP contribution in [0.25, 0.3) is 11.0 Å². The Morgan fingerprint density at radius 2 is 2.03 bits per heavy atom. The maximum absolute atomic E-state index is 12.8. The number of nitrogens with two attached hydrogens (primary N) is 1. The molecule has 1 aromatic heterocycles. The molecule has 7 heteroatoms. The van der Waals surface area contributed by atoms with E-state index in [2.05, 4.69) is 10.6 Å². The van der Waals surface area contributed by atoms with Gasteiger partial charge in [-0.05, 0) is 49.6 Å². The van der Waals surface area contributed by atoms with E-state index in [1.54, 1.807) is 6.92 Å². The zero-order valence-corrected chi connectivity index (χ0v) is 17.2. The van der Waals surface area contributed by atoms with E-state index in [1.165, 1.54) is 0 Å². The Kier molecular flexibility index (Phi) is 7.08. The Morgan fingerprint density at radius 3 is 2.80 bits per heavy atom. The molecule has 7 nitrogen and oxygen atoms in total. The van der Waals surface area contributed by atoms with Crippen molar-refractivity contribution in [2.75, 3.05) is 6.54 Å². The number of hydrogen-bond donors (Lipinski definition) is 3. The Morgan fingerprint density at radius 1 is 1.23 bits per heavy atom. The van der Waals surface area contributed by atoms with Crippen molar-refractivity contribution in [2.24, 2.45) is 5.73 Å². The van der Waals surface area contributed by atoms with E-state index in [4.69, 9.17) is 14.9 Å². The van der Waals surface area contributed by atoms with E-state index >= 15 is 0 Å². The van der Waals surface area contributed by atoms with E-state index in [9.17, 15) is 9.59 Å². The van der Waals surface area contributed by atoms with Crippen LogP contribution in [-0.4, -0.2) is 24.9 Å². The lowest BCUT2D eigenvalue weighted by molar-refractivity contribution is -0.109. The Bertz CT molecular complexity index is 1030. The lowest BCUT2D eigenvalue weighted by atomic mass is 10.1. The van der Waals surface area contributed by atoms with Crippen molar-refractivity contribution in [1.29, 1.82) is 0 Å². The molecular weight excluding hydrogens is 382 g/mol. The van der Waals surface area contributed by atoms with E-state index in [1.807, 2.05) is 49.4 Å². The molecule has 158 valence electrons. The van der Waals surface area contributed by atoms with Crippen molar-refractivity contribution in [1.82, 2.24) is 10.6 Å². The Hall–Kier alpha value is -3.32. The molecule has 0 saturated carbocycles. The fourth-order valence-electron chi connectivity index (χ4n) is 3.31. The molecule has 0 radical (unpaired) electrons. The summed E-state index contributed by atoms with van der Waals surface area (Å²) in [6.07, 6.45) is 1.28. The molecule has 1 heterocycles. The molecule has 0 fully saturated rings. The van der Waals surface area contributed by atoms with Gasteiger partial charge in [-0.25, -0.2) is 0 Å². The van der Waals surface area contributed by atoms with Crippen molar-refractivity contribution in [3.05, 3.63) is 64.9 Å². The van der Waals surface area contributed by atoms with Crippen LogP contribution in [0, 0.1) is 6.92 Å². The smallest absolute Gasteiger partial charge is 0.255 e.